The van der Waals surface area contributed by atoms with E-state index in [0.29, 0.717) is 5.56 Å². The predicted octanol–water partition coefficient (Wildman–Crippen LogP) is 0.942. The van der Waals surface area contributed by atoms with Gasteiger partial charge < -0.3 is 25.1 Å². The van der Waals surface area contributed by atoms with Gasteiger partial charge in [-0.1, -0.05) is 0 Å². The molecule has 1 aromatic heterocycles. The third-order valence-electron chi connectivity index (χ3n) is 3.55. The quantitative estimate of drug-likeness (QED) is 0.622. The third-order valence-corrected chi connectivity index (χ3v) is 3.55. The zero-order valence-electron chi connectivity index (χ0n) is 13.1. The minimum atomic E-state index is -0.810. The lowest BCUT2D eigenvalue weighted by Gasteiger charge is -2.23. The van der Waals surface area contributed by atoms with Crippen LogP contribution in [-0.2, 0) is 11.2 Å². The number of carbonyl (C=O) groups excluding carboxylic acids is 1. The van der Waals surface area contributed by atoms with Crippen molar-refractivity contribution in [3.05, 3.63) is 33.7 Å². The molecule has 0 bridgehead atoms. The summed E-state index contributed by atoms with van der Waals surface area (Å²) < 4.78 is 5.09. The fraction of sp³-hybridized carbons (Fsp3) is 0.375. The standard InChI is InChI=1S/C16H19NO6/c1-8-10(6-13(21)17-16(2,3)7-18)15(22)23-12-5-9(19)4-11(20)14(8)12/h4-5,18-20H,6-7H2,1-3H3,(H,17,21). The Morgan fingerprint density at radius 2 is 1.96 bits per heavy atom. The number of fused-ring (bicyclic) bond motifs is 1. The van der Waals surface area contributed by atoms with E-state index in [1.54, 1.807) is 20.8 Å². The molecule has 7 nitrogen and oxygen atoms in total. The molecule has 124 valence electrons. The number of aromatic hydroxyl groups is 2. The Hall–Kier alpha value is -2.54. The van der Waals surface area contributed by atoms with Gasteiger partial charge >= 0.3 is 5.63 Å². The second kappa shape index (κ2) is 5.92. The van der Waals surface area contributed by atoms with E-state index in [0.717, 1.165) is 6.07 Å². The Labute approximate surface area is 132 Å². The average Bonchev–Trinajstić information content (AvgIpc) is 2.41. The summed E-state index contributed by atoms with van der Waals surface area (Å²) in [5, 5.41) is 31.5. The minimum absolute atomic E-state index is 0.0462. The molecule has 0 saturated carbocycles. The highest BCUT2D eigenvalue weighted by molar-refractivity contribution is 5.90. The summed E-state index contributed by atoms with van der Waals surface area (Å²) in [6, 6.07) is 2.36. The third kappa shape index (κ3) is 3.45. The van der Waals surface area contributed by atoms with Gasteiger partial charge in [-0.2, -0.15) is 0 Å². The van der Waals surface area contributed by atoms with Crippen LogP contribution in [0.25, 0.3) is 11.0 Å². The molecular formula is C16H19NO6. The van der Waals surface area contributed by atoms with E-state index in [1.165, 1.54) is 6.07 Å². The van der Waals surface area contributed by atoms with E-state index in [9.17, 15) is 24.9 Å². The van der Waals surface area contributed by atoms with Gasteiger partial charge in [-0.25, -0.2) is 4.79 Å². The molecule has 2 aromatic rings. The summed E-state index contributed by atoms with van der Waals surface area (Å²) in [6.45, 7) is 4.64. The number of hydrogen-bond acceptors (Lipinski definition) is 6. The van der Waals surface area contributed by atoms with E-state index in [-0.39, 0.29) is 41.1 Å². The summed E-state index contributed by atoms with van der Waals surface area (Å²) >= 11 is 0. The smallest absolute Gasteiger partial charge is 0.340 e. The number of nitrogens with one attached hydrogen (secondary N) is 1. The van der Waals surface area contributed by atoms with Crippen molar-refractivity contribution in [2.24, 2.45) is 0 Å². The van der Waals surface area contributed by atoms with Crippen molar-refractivity contribution in [3.8, 4) is 11.5 Å². The summed E-state index contributed by atoms with van der Waals surface area (Å²) in [5.41, 5.74) is -0.951. The first-order valence-corrected chi connectivity index (χ1v) is 7.05. The van der Waals surface area contributed by atoms with Crippen molar-refractivity contribution in [2.45, 2.75) is 32.7 Å². The van der Waals surface area contributed by atoms with Gasteiger partial charge in [-0.15, -0.1) is 0 Å². The highest BCUT2D eigenvalue weighted by Crippen LogP contribution is 2.32. The highest BCUT2D eigenvalue weighted by atomic mass is 16.4. The number of carbonyl (C=O) groups is 1. The minimum Gasteiger partial charge on any atom is -0.508 e. The van der Waals surface area contributed by atoms with Crippen LogP contribution < -0.4 is 10.9 Å². The van der Waals surface area contributed by atoms with Gasteiger partial charge in [0.05, 0.1) is 29.5 Å². The summed E-state index contributed by atoms with van der Waals surface area (Å²) in [5.74, 6) is -0.914. The largest absolute Gasteiger partial charge is 0.508 e. The Balaban J connectivity index is 2.46. The van der Waals surface area contributed by atoms with Crippen LogP contribution in [0.2, 0.25) is 0 Å². The van der Waals surface area contributed by atoms with Crippen molar-refractivity contribution in [3.63, 3.8) is 0 Å². The molecule has 0 fully saturated rings. The van der Waals surface area contributed by atoms with Crippen LogP contribution in [0.3, 0.4) is 0 Å². The molecule has 7 heteroatoms. The monoisotopic (exact) mass is 321 g/mol. The summed E-state index contributed by atoms with van der Waals surface area (Å²) in [7, 11) is 0. The lowest BCUT2D eigenvalue weighted by Crippen LogP contribution is -2.47. The maximum Gasteiger partial charge on any atom is 0.340 e. The zero-order valence-corrected chi connectivity index (χ0v) is 13.1. The Bertz CT molecular complexity index is 821. The lowest BCUT2D eigenvalue weighted by atomic mass is 10.0. The Morgan fingerprint density at radius 3 is 2.57 bits per heavy atom. The van der Waals surface area contributed by atoms with E-state index in [2.05, 4.69) is 5.32 Å². The number of aryl methyl sites for hydroxylation is 1. The Morgan fingerprint density at radius 1 is 1.30 bits per heavy atom. The molecular weight excluding hydrogens is 302 g/mol. The highest BCUT2D eigenvalue weighted by Gasteiger charge is 2.22. The molecule has 23 heavy (non-hydrogen) atoms. The normalized spacial score (nSPS) is 11.7. The van der Waals surface area contributed by atoms with Crippen molar-refractivity contribution in [1.82, 2.24) is 5.32 Å². The number of aliphatic hydroxyl groups excluding tert-OH is 1. The van der Waals surface area contributed by atoms with Crippen molar-refractivity contribution in [1.29, 1.82) is 0 Å². The SMILES string of the molecule is Cc1c(CC(=O)NC(C)(C)CO)c(=O)oc2cc(O)cc(O)c12. The van der Waals surface area contributed by atoms with Crippen molar-refractivity contribution < 1.29 is 24.5 Å². The van der Waals surface area contributed by atoms with Crippen LogP contribution in [0.5, 0.6) is 11.5 Å². The van der Waals surface area contributed by atoms with Gasteiger partial charge in [-0.05, 0) is 26.3 Å². The Kier molecular flexibility index (Phi) is 4.33. The molecule has 1 amide bonds. The number of phenolic OH excluding ortho intramolecular Hbond substituents is 2. The molecule has 0 saturated heterocycles. The first-order valence-electron chi connectivity index (χ1n) is 7.05. The maximum absolute atomic E-state index is 12.1. The number of benzene rings is 1. The molecule has 0 atom stereocenters. The summed E-state index contributed by atoms with van der Waals surface area (Å²) in [6.07, 6.45) is -0.242. The van der Waals surface area contributed by atoms with Crippen LogP contribution in [0.1, 0.15) is 25.0 Å². The second-order valence-corrected chi connectivity index (χ2v) is 6.10. The van der Waals surface area contributed by atoms with Crippen molar-refractivity contribution >= 4 is 16.9 Å². The van der Waals surface area contributed by atoms with Gasteiger partial charge in [0.2, 0.25) is 5.91 Å². The molecule has 0 aliphatic rings. The maximum atomic E-state index is 12.1. The summed E-state index contributed by atoms with van der Waals surface area (Å²) in [4.78, 5) is 24.1. The van der Waals surface area contributed by atoms with Crippen LogP contribution >= 0.6 is 0 Å². The fourth-order valence-electron chi connectivity index (χ4n) is 2.34. The van der Waals surface area contributed by atoms with Crippen LogP contribution in [0, 0.1) is 6.92 Å². The van der Waals surface area contributed by atoms with E-state index >= 15 is 0 Å². The molecule has 0 aliphatic carbocycles. The predicted molar refractivity (Wildman–Crippen MR) is 83.6 cm³/mol. The molecule has 0 unspecified atom stereocenters. The molecule has 2 rings (SSSR count). The lowest BCUT2D eigenvalue weighted by molar-refractivity contribution is -0.122. The topological polar surface area (TPSA) is 120 Å². The zero-order chi connectivity index (χ0) is 17.4. The first-order chi connectivity index (χ1) is 10.6. The van der Waals surface area contributed by atoms with Gasteiger partial charge in [0.1, 0.15) is 17.1 Å². The van der Waals surface area contributed by atoms with E-state index in [1.807, 2.05) is 0 Å². The fourth-order valence-corrected chi connectivity index (χ4v) is 2.34. The number of amides is 1. The molecule has 0 aliphatic heterocycles. The molecule has 1 aromatic carbocycles. The van der Waals surface area contributed by atoms with Crippen LogP contribution in [0.4, 0.5) is 0 Å². The van der Waals surface area contributed by atoms with Crippen LogP contribution in [-0.4, -0.2) is 33.4 Å². The van der Waals surface area contributed by atoms with E-state index < -0.39 is 17.1 Å². The van der Waals surface area contributed by atoms with Gasteiger partial charge in [0, 0.05) is 12.1 Å². The average molecular weight is 321 g/mol. The number of hydrogen-bond donors (Lipinski definition) is 4. The molecule has 4 N–H and O–H groups in total. The van der Waals surface area contributed by atoms with Gasteiger partial charge in [0.25, 0.3) is 0 Å². The van der Waals surface area contributed by atoms with Gasteiger partial charge in [-0.3, -0.25) is 4.79 Å². The molecule has 1 heterocycles. The molecule has 0 radical (unpaired) electrons. The van der Waals surface area contributed by atoms with Crippen LogP contribution in [0.15, 0.2) is 21.3 Å². The molecule has 0 spiro atoms. The van der Waals surface area contributed by atoms with Crippen molar-refractivity contribution in [2.75, 3.05) is 6.61 Å². The van der Waals surface area contributed by atoms with E-state index in [4.69, 9.17) is 4.42 Å². The number of phenols is 2. The second-order valence-electron chi connectivity index (χ2n) is 6.10. The number of aliphatic hydroxyl groups is 1. The van der Waals surface area contributed by atoms with Gasteiger partial charge in [0.15, 0.2) is 0 Å². The number of rotatable bonds is 4. The first kappa shape index (κ1) is 16.8.